The molecule has 0 aliphatic heterocycles. The van der Waals surface area contributed by atoms with E-state index in [4.69, 9.17) is 0 Å². The van der Waals surface area contributed by atoms with Crippen LogP contribution in [0.15, 0.2) is 23.1 Å². The minimum atomic E-state index is -0.265. The van der Waals surface area contributed by atoms with Crippen molar-refractivity contribution < 1.29 is 9.90 Å². The van der Waals surface area contributed by atoms with Crippen LogP contribution in [0.3, 0.4) is 0 Å². The number of benzene rings is 1. The largest absolute Gasteiger partial charge is 0.508 e. The van der Waals surface area contributed by atoms with E-state index in [1.807, 2.05) is 0 Å². The van der Waals surface area contributed by atoms with Gasteiger partial charge in [0.1, 0.15) is 12.0 Å². The van der Waals surface area contributed by atoms with Gasteiger partial charge in [0, 0.05) is 16.4 Å². The van der Waals surface area contributed by atoms with Crippen LogP contribution in [0.1, 0.15) is 18.4 Å². The predicted molar refractivity (Wildman–Crippen MR) is 49.8 cm³/mol. The molecule has 12 heavy (non-hydrogen) atoms. The molecule has 1 atom stereocenters. The van der Waals surface area contributed by atoms with E-state index in [0.29, 0.717) is 10.5 Å². The quantitative estimate of drug-likeness (QED) is 0.542. The number of thiol groups is 1. The van der Waals surface area contributed by atoms with E-state index < -0.39 is 0 Å². The van der Waals surface area contributed by atoms with Crippen molar-refractivity contribution >= 4 is 18.9 Å². The molecule has 1 N–H and O–H groups in total. The van der Waals surface area contributed by atoms with Gasteiger partial charge in [-0.2, -0.15) is 0 Å². The molecule has 1 rings (SSSR count). The predicted octanol–water partition coefficient (Wildman–Crippen LogP) is 1.98. The van der Waals surface area contributed by atoms with Crippen LogP contribution in [0.5, 0.6) is 5.75 Å². The number of rotatable bonds is 2. The van der Waals surface area contributed by atoms with Crippen LogP contribution in [0, 0.1) is 0 Å². The molecule has 0 bridgehead atoms. The van der Waals surface area contributed by atoms with E-state index in [1.165, 1.54) is 6.07 Å². The number of phenolic OH excluding ortho intramolecular Hbond substituents is 1. The maximum absolute atomic E-state index is 10.4. The van der Waals surface area contributed by atoms with Gasteiger partial charge in [0.2, 0.25) is 0 Å². The number of phenols is 1. The number of aldehydes is 1. The van der Waals surface area contributed by atoms with Crippen LogP contribution < -0.4 is 0 Å². The fourth-order valence-electron chi connectivity index (χ4n) is 0.990. The normalized spacial score (nSPS) is 12.5. The Morgan fingerprint density at radius 3 is 2.75 bits per heavy atom. The van der Waals surface area contributed by atoms with Crippen molar-refractivity contribution in [3.8, 4) is 5.75 Å². The number of carbonyl (C=O) groups is 1. The Morgan fingerprint density at radius 1 is 1.58 bits per heavy atom. The summed E-state index contributed by atoms with van der Waals surface area (Å²) in [5, 5.41) is 9.39. The molecule has 0 heterocycles. The summed E-state index contributed by atoms with van der Waals surface area (Å²) >= 11 is 4.05. The summed E-state index contributed by atoms with van der Waals surface area (Å²) in [5.74, 6) is -0.138. The highest BCUT2D eigenvalue weighted by Crippen LogP contribution is 2.26. The first kappa shape index (κ1) is 9.13. The van der Waals surface area contributed by atoms with E-state index in [9.17, 15) is 9.90 Å². The van der Waals surface area contributed by atoms with Gasteiger partial charge >= 0.3 is 0 Å². The molecule has 3 heteroatoms. The Kier molecular flexibility index (Phi) is 2.76. The summed E-state index contributed by atoms with van der Waals surface area (Å²) < 4.78 is 0. The lowest BCUT2D eigenvalue weighted by atomic mass is 10.0. The van der Waals surface area contributed by atoms with Crippen molar-refractivity contribution in [3.05, 3.63) is 23.8 Å². The lowest BCUT2D eigenvalue weighted by Crippen LogP contribution is -1.94. The van der Waals surface area contributed by atoms with Gasteiger partial charge in [-0.05, 0) is 12.1 Å². The van der Waals surface area contributed by atoms with Crippen LogP contribution in [-0.2, 0) is 4.79 Å². The van der Waals surface area contributed by atoms with Crippen LogP contribution >= 0.6 is 12.6 Å². The molecule has 0 fully saturated rings. The van der Waals surface area contributed by atoms with Gasteiger partial charge in [-0.1, -0.05) is 13.0 Å². The highest BCUT2D eigenvalue weighted by atomic mass is 32.1. The van der Waals surface area contributed by atoms with Crippen molar-refractivity contribution in [2.45, 2.75) is 17.7 Å². The topological polar surface area (TPSA) is 37.3 Å². The van der Waals surface area contributed by atoms with Crippen LogP contribution in [-0.4, -0.2) is 11.4 Å². The molecule has 0 saturated heterocycles. The molecule has 1 aromatic rings. The number of hydrogen-bond acceptors (Lipinski definition) is 3. The molecule has 0 spiro atoms. The average molecular weight is 182 g/mol. The minimum absolute atomic E-state index is 0.127. The first-order valence-corrected chi connectivity index (χ1v) is 4.07. The lowest BCUT2D eigenvalue weighted by molar-refractivity contribution is -0.108. The zero-order valence-corrected chi connectivity index (χ0v) is 7.58. The van der Waals surface area contributed by atoms with Crippen LogP contribution in [0.2, 0.25) is 0 Å². The molecular weight excluding hydrogens is 172 g/mol. The van der Waals surface area contributed by atoms with E-state index >= 15 is 0 Å². The second kappa shape index (κ2) is 3.63. The van der Waals surface area contributed by atoms with E-state index in [1.54, 1.807) is 19.1 Å². The summed E-state index contributed by atoms with van der Waals surface area (Å²) in [6.07, 6.45) is 0.799. The number of carbonyl (C=O) groups excluding carboxylic acids is 1. The Morgan fingerprint density at radius 2 is 2.25 bits per heavy atom. The van der Waals surface area contributed by atoms with E-state index in [-0.39, 0.29) is 11.7 Å². The second-order valence-electron chi connectivity index (χ2n) is 2.67. The molecule has 0 radical (unpaired) electrons. The molecule has 0 aliphatic carbocycles. The molecule has 64 valence electrons. The smallest absolute Gasteiger partial charge is 0.127 e. The molecule has 0 amide bonds. The Balaban J connectivity index is 3.09. The van der Waals surface area contributed by atoms with Crippen molar-refractivity contribution in [2.75, 3.05) is 0 Å². The van der Waals surface area contributed by atoms with Gasteiger partial charge in [-0.15, -0.1) is 12.6 Å². The molecule has 0 saturated carbocycles. The molecule has 1 unspecified atom stereocenters. The zero-order valence-electron chi connectivity index (χ0n) is 6.69. The Hall–Kier alpha value is -0.960. The molecular formula is C9H10O2S. The fourth-order valence-corrected chi connectivity index (χ4v) is 1.19. The van der Waals surface area contributed by atoms with Gasteiger partial charge in [0.25, 0.3) is 0 Å². The summed E-state index contributed by atoms with van der Waals surface area (Å²) in [7, 11) is 0. The van der Waals surface area contributed by atoms with Crippen molar-refractivity contribution in [1.82, 2.24) is 0 Å². The monoisotopic (exact) mass is 182 g/mol. The highest BCUT2D eigenvalue weighted by molar-refractivity contribution is 7.80. The standard InChI is InChI=1S/C9H10O2S/c1-6(5-10)8-3-2-7(12)4-9(8)11/h2-6,11-12H,1H3. The third-order valence-electron chi connectivity index (χ3n) is 1.71. The average Bonchev–Trinajstić information content (AvgIpc) is 2.03. The summed E-state index contributed by atoms with van der Waals surface area (Å²) in [6.45, 7) is 1.74. The minimum Gasteiger partial charge on any atom is -0.508 e. The van der Waals surface area contributed by atoms with E-state index in [0.717, 1.165) is 6.29 Å². The van der Waals surface area contributed by atoms with Crippen molar-refractivity contribution in [2.24, 2.45) is 0 Å². The molecule has 0 aromatic heterocycles. The third-order valence-corrected chi connectivity index (χ3v) is 1.99. The molecule has 0 aliphatic rings. The SMILES string of the molecule is CC(C=O)c1ccc(S)cc1O. The maximum atomic E-state index is 10.4. The fraction of sp³-hybridized carbons (Fsp3) is 0.222. The first-order valence-electron chi connectivity index (χ1n) is 3.62. The second-order valence-corrected chi connectivity index (χ2v) is 3.18. The van der Waals surface area contributed by atoms with Crippen LogP contribution in [0.4, 0.5) is 0 Å². The summed E-state index contributed by atoms with van der Waals surface area (Å²) in [6, 6.07) is 4.98. The summed E-state index contributed by atoms with van der Waals surface area (Å²) in [5.41, 5.74) is 0.641. The van der Waals surface area contributed by atoms with Crippen LogP contribution in [0.25, 0.3) is 0 Å². The maximum Gasteiger partial charge on any atom is 0.127 e. The van der Waals surface area contributed by atoms with Crippen molar-refractivity contribution in [3.63, 3.8) is 0 Å². The molecule has 2 nitrogen and oxygen atoms in total. The zero-order chi connectivity index (χ0) is 9.14. The Bertz CT molecular complexity index is 297. The van der Waals surface area contributed by atoms with Crippen molar-refractivity contribution in [1.29, 1.82) is 0 Å². The van der Waals surface area contributed by atoms with Gasteiger partial charge in [0.15, 0.2) is 0 Å². The van der Waals surface area contributed by atoms with Gasteiger partial charge in [-0.3, -0.25) is 0 Å². The van der Waals surface area contributed by atoms with Gasteiger partial charge in [0.05, 0.1) is 0 Å². The molecule has 1 aromatic carbocycles. The third kappa shape index (κ3) is 1.80. The Labute approximate surface area is 76.6 Å². The highest BCUT2D eigenvalue weighted by Gasteiger charge is 2.08. The van der Waals surface area contributed by atoms with Gasteiger partial charge < -0.3 is 9.90 Å². The van der Waals surface area contributed by atoms with Gasteiger partial charge in [-0.25, -0.2) is 0 Å². The van der Waals surface area contributed by atoms with E-state index in [2.05, 4.69) is 12.6 Å². The first-order chi connectivity index (χ1) is 5.65. The summed E-state index contributed by atoms with van der Waals surface area (Å²) in [4.78, 5) is 11.1. The number of aromatic hydroxyl groups is 1. The number of hydrogen-bond donors (Lipinski definition) is 2. The lowest BCUT2D eigenvalue weighted by Gasteiger charge is -2.06.